The number of anilines is 1. The van der Waals surface area contributed by atoms with E-state index in [2.05, 4.69) is 10.6 Å². The molecule has 0 saturated heterocycles. The molecule has 0 unspecified atom stereocenters. The maximum absolute atomic E-state index is 12.1. The van der Waals surface area contributed by atoms with E-state index < -0.39 is 5.54 Å². The van der Waals surface area contributed by atoms with E-state index in [1.807, 2.05) is 19.2 Å². The van der Waals surface area contributed by atoms with Crippen LogP contribution in [0.5, 0.6) is 0 Å². The highest BCUT2D eigenvalue weighted by Gasteiger charge is 2.15. The molecule has 0 spiro atoms. The minimum Gasteiger partial charge on any atom is -0.350 e. The first kappa shape index (κ1) is 17.5. The zero-order valence-corrected chi connectivity index (χ0v) is 14.4. The number of nitrogens with one attached hydrogen (secondary N) is 2. The lowest BCUT2D eigenvalue weighted by Crippen LogP contribution is -2.45. The van der Waals surface area contributed by atoms with Crippen molar-refractivity contribution in [3.63, 3.8) is 0 Å². The minimum absolute atomic E-state index is 0.262. The molecule has 4 N–H and O–H groups in total. The average molecular weight is 352 g/mol. The molecular formula is C16H18ClN3O2S. The second-order valence-corrected chi connectivity index (χ2v) is 7.15. The van der Waals surface area contributed by atoms with Crippen LogP contribution in [0.3, 0.4) is 0 Å². The summed E-state index contributed by atoms with van der Waals surface area (Å²) in [4.78, 5) is 24.8. The molecule has 7 heteroatoms. The molecule has 2 aromatic rings. The Balaban J connectivity index is 2.12. The van der Waals surface area contributed by atoms with E-state index in [-0.39, 0.29) is 11.8 Å². The van der Waals surface area contributed by atoms with Crippen LogP contribution in [0.2, 0.25) is 5.02 Å². The Morgan fingerprint density at radius 1 is 1.26 bits per heavy atom. The molecule has 0 aliphatic heterocycles. The number of thiophene rings is 1. The van der Waals surface area contributed by atoms with Gasteiger partial charge in [0.05, 0.1) is 15.6 Å². The molecule has 0 aliphatic carbocycles. The third-order valence-electron chi connectivity index (χ3n) is 2.93. The number of rotatable bonds is 5. The SMILES string of the molecule is CC(C)(N)CNC(=O)c1ccc(Cl)c(NC(=O)c2cccs2)c1. The standard InChI is InChI=1S/C16H18ClN3O2S/c1-16(2,18)9-19-14(21)10-5-6-11(17)12(8-10)20-15(22)13-4-3-7-23-13/h3-8H,9,18H2,1-2H3,(H,19,21)(H,20,22). The van der Waals surface area contributed by atoms with Crippen molar-refractivity contribution in [2.45, 2.75) is 19.4 Å². The maximum Gasteiger partial charge on any atom is 0.265 e. The fourth-order valence-corrected chi connectivity index (χ4v) is 2.55. The van der Waals surface area contributed by atoms with Gasteiger partial charge >= 0.3 is 0 Å². The van der Waals surface area contributed by atoms with Gasteiger partial charge in [0.25, 0.3) is 11.8 Å². The van der Waals surface area contributed by atoms with Crippen molar-refractivity contribution in [3.8, 4) is 0 Å². The lowest BCUT2D eigenvalue weighted by molar-refractivity contribution is 0.0945. The van der Waals surface area contributed by atoms with Crippen LogP contribution in [0.15, 0.2) is 35.7 Å². The van der Waals surface area contributed by atoms with E-state index >= 15 is 0 Å². The molecule has 0 radical (unpaired) electrons. The number of carbonyl (C=O) groups excluding carboxylic acids is 2. The molecule has 1 aromatic carbocycles. The van der Waals surface area contributed by atoms with Crippen LogP contribution < -0.4 is 16.4 Å². The predicted octanol–water partition coefficient (Wildman–Crippen LogP) is 3.12. The van der Waals surface area contributed by atoms with Gasteiger partial charge in [-0.15, -0.1) is 11.3 Å². The summed E-state index contributed by atoms with van der Waals surface area (Å²) >= 11 is 7.42. The van der Waals surface area contributed by atoms with E-state index in [4.69, 9.17) is 17.3 Å². The summed E-state index contributed by atoms with van der Waals surface area (Å²) in [6, 6.07) is 8.23. The van der Waals surface area contributed by atoms with Gasteiger partial charge in [-0.05, 0) is 43.5 Å². The number of amides is 2. The largest absolute Gasteiger partial charge is 0.350 e. The van der Waals surface area contributed by atoms with E-state index in [1.165, 1.54) is 11.3 Å². The van der Waals surface area contributed by atoms with Crippen LogP contribution in [-0.2, 0) is 0 Å². The Labute approximate surface area is 143 Å². The molecule has 122 valence electrons. The van der Waals surface area contributed by atoms with Crippen LogP contribution >= 0.6 is 22.9 Å². The van der Waals surface area contributed by atoms with Gasteiger partial charge in [0.15, 0.2) is 0 Å². The topological polar surface area (TPSA) is 84.2 Å². The van der Waals surface area contributed by atoms with Crippen molar-refractivity contribution in [1.29, 1.82) is 0 Å². The number of hydrogen-bond donors (Lipinski definition) is 3. The molecule has 0 bridgehead atoms. The van der Waals surface area contributed by atoms with Crippen molar-refractivity contribution in [1.82, 2.24) is 5.32 Å². The van der Waals surface area contributed by atoms with Crippen molar-refractivity contribution < 1.29 is 9.59 Å². The smallest absolute Gasteiger partial charge is 0.265 e. The first-order valence-electron chi connectivity index (χ1n) is 6.98. The molecule has 2 rings (SSSR count). The van der Waals surface area contributed by atoms with Crippen molar-refractivity contribution in [2.75, 3.05) is 11.9 Å². The van der Waals surface area contributed by atoms with Gasteiger partial charge in [0.1, 0.15) is 0 Å². The molecule has 0 saturated carbocycles. The first-order valence-corrected chi connectivity index (χ1v) is 8.23. The van der Waals surface area contributed by atoms with Crippen LogP contribution in [0.4, 0.5) is 5.69 Å². The van der Waals surface area contributed by atoms with Gasteiger partial charge in [0.2, 0.25) is 0 Å². The van der Waals surface area contributed by atoms with Gasteiger partial charge in [-0.3, -0.25) is 9.59 Å². The summed E-state index contributed by atoms with van der Waals surface area (Å²) in [5.41, 5.74) is 6.14. The Morgan fingerprint density at radius 2 is 2.00 bits per heavy atom. The summed E-state index contributed by atoms with van der Waals surface area (Å²) in [7, 11) is 0. The molecule has 5 nitrogen and oxygen atoms in total. The van der Waals surface area contributed by atoms with Crippen molar-refractivity contribution >= 4 is 40.4 Å². The Morgan fingerprint density at radius 3 is 2.61 bits per heavy atom. The Hall–Kier alpha value is -1.89. The van der Waals surface area contributed by atoms with Crippen molar-refractivity contribution in [3.05, 3.63) is 51.2 Å². The quantitative estimate of drug-likeness (QED) is 0.773. The van der Waals surface area contributed by atoms with Gasteiger partial charge < -0.3 is 16.4 Å². The summed E-state index contributed by atoms with van der Waals surface area (Å²) in [5.74, 6) is -0.533. The summed E-state index contributed by atoms with van der Waals surface area (Å²) in [6.07, 6.45) is 0. The Kier molecular flexibility index (Phi) is 5.41. The average Bonchev–Trinajstić information content (AvgIpc) is 3.00. The van der Waals surface area contributed by atoms with Crippen LogP contribution in [0.1, 0.15) is 33.9 Å². The number of hydrogen-bond acceptors (Lipinski definition) is 4. The molecule has 2 amide bonds. The minimum atomic E-state index is -0.502. The van der Waals surface area contributed by atoms with E-state index in [0.717, 1.165) is 0 Å². The maximum atomic E-state index is 12.1. The molecule has 1 heterocycles. The van der Waals surface area contributed by atoms with Crippen LogP contribution in [0, 0.1) is 0 Å². The lowest BCUT2D eigenvalue weighted by Gasteiger charge is -2.19. The third kappa shape index (κ3) is 5.06. The second kappa shape index (κ2) is 7.12. The molecule has 1 aromatic heterocycles. The molecular weight excluding hydrogens is 334 g/mol. The van der Waals surface area contributed by atoms with E-state index in [0.29, 0.717) is 27.7 Å². The fourth-order valence-electron chi connectivity index (χ4n) is 1.76. The predicted molar refractivity (Wildman–Crippen MR) is 94.3 cm³/mol. The lowest BCUT2D eigenvalue weighted by atomic mass is 10.1. The van der Waals surface area contributed by atoms with Gasteiger partial charge in [-0.25, -0.2) is 0 Å². The number of carbonyl (C=O) groups is 2. The van der Waals surface area contributed by atoms with Crippen LogP contribution in [0.25, 0.3) is 0 Å². The number of halogens is 1. The molecule has 0 atom stereocenters. The second-order valence-electron chi connectivity index (χ2n) is 5.80. The summed E-state index contributed by atoms with van der Waals surface area (Å²) in [6.45, 7) is 3.98. The number of benzene rings is 1. The third-order valence-corrected chi connectivity index (χ3v) is 4.12. The van der Waals surface area contributed by atoms with Gasteiger partial charge in [-0.2, -0.15) is 0 Å². The van der Waals surface area contributed by atoms with Gasteiger partial charge in [0, 0.05) is 17.6 Å². The van der Waals surface area contributed by atoms with E-state index in [9.17, 15) is 9.59 Å². The monoisotopic (exact) mass is 351 g/mol. The molecule has 0 fully saturated rings. The highest BCUT2D eigenvalue weighted by Crippen LogP contribution is 2.24. The van der Waals surface area contributed by atoms with Gasteiger partial charge in [-0.1, -0.05) is 17.7 Å². The highest BCUT2D eigenvalue weighted by atomic mass is 35.5. The fraction of sp³-hybridized carbons (Fsp3) is 0.250. The summed E-state index contributed by atoms with van der Waals surface area (Å²) < 4.78 is 0. The number of nitrogens with two attached hydrogens (primary N) is 1. The first-order chi connectivity index (χ1) is 10.8. The van der Waals surface area contributed by atoms with Crippen molar-refractivity contribution in [2.24, 2.45) is 5.73 Å². The normalized spacial score (nSPS) is 11.1. The molecule has 0 aliphatic rings. The van der Waals surface area contributed by atoms with Crippen LogP contribution in [-0.4, -0.2) is 23.9 Å². The zero-order chi connectivity index (χ0) is 17.0. The molecule has 23 heavy (non-hydrogen) atoms. The summed E-state index contributed by atoms with van der Waals surface area (Å²) in [5, 5.41) is 7.64. The highest BCUT2D eigenvalue weighted by molar-refractivity contribution is 7.12. The van der Waals surface area contributed by atoms with E-state index in [1.54, 1.807) is 30.3 Å². The Bertz CT molecular complexity index is 709. The zero-order valence-electron chi connectivity index (χ0n) is 12.9.